The molecule has 0 saturated heterocycles. The highest BCUT2D eigenvalue weighted by Gasteiger charge is 2.39. The Balaban J connectivity index is 1.71. The van der Waals surface area contributed by atoms with Gasteiger partial charge in [0, 0.05) is 21.2 Å². The van der Waals surface area contributed by atoms with Crippen molar-refractivity contribution in [2.24, 2.45) is 0 Å². The van der Waals surface area contributed by atoms with Crippen LogP contribution in [0.4, 0.5) is 29.5 Å². The Morgan fingerprint density at radius 2 is 1.50 bits per heavy atom. The van der Waals surface area contributed by atoms with Gasteiger partial charge in [0.1, 0.15) is 11.1 Å². The number of alkyl halides is 3. The zero-order valence-electron chi connectivity index (χ0n) is 19.4. The molecule has 0 amide bonds. The largest absolute Gasteiger partial charge is 0.417 e. The van der Waals surface area contributed by atoms with Gasteiger partial charge in [-0.15, -0.1) is 22.7 Å². The minimum atomic E-state index is -4.62. The van der Waals surface area contributed by atoms with E-state index in [-0.39, 0.29) is 11.0 Å². The second-order valence-corrected chi connectivity index (χ2v) is 11.2. The second-order valence-electron chi connectivity index (χ2n) is 9.23. The summed E-state index contributed by atoms with van der Waals surface area (Å²) in [5.74, 6) is 0. The summed E-state index contributed by atoms with van der Waals surface area (Å²) in [6.45, 7) is 4.38. The number of benzene rings is 3. The van der Waals surface area contributed by atoms with Gasteiger partial charge in [-0.3, -0.25) is 0 Å². The molecule has 1 aliphatic heterocycles. The van der Waals surface area contributed by atoms with Crippen LogP contribution in [0.1, 0.15) is 36.1 Å². The third-order valence-corrected chi connectivity index (χ3v) is 9.07. The van der Waals surface area contributed by atoms with Crippen molar-refractivity contribution in [2.75, 3.05) is 4.90 Å². The number of hydrogen-bond donors (Lipinski definition) is 0. The lowest BCUT2D eigenvalue weighted by molar-refractivity contribution is -0.137. The van der Waals surface area contributed by atoms with Crippen molar-refractivity contribution < 1.29 is 13.2 Å². The molecule has 0 bridgehead atoms. The zero-order chi connectivity index (χ0) is 25.2. The van der Waals surface area contributed by atoms with Gasteiger partial charge < -0.3 is 4.90 Å². The number of para-hydroxylation sites is 2. The average molecular weight is 517 g/mol. The third kappa shape index (κ3) is 3.22. The van der Waals surface area contributed by atoms with Crippen LogP contribution in [0.25, 0.3) is 20.5 Å². The van der Waals surface area contributed by atoms with Gasteiger partial charge in [-0.05, 0) is 40.8 Å². The van der Waals surface area contributed by atoms with E-state index in [1.54, 1.807) is 6.07 Å². The van der Waals surface area contributed by atoms with Crippen LogP contribution in [-0.2, 0) is 11.6 Å². The molecule has 3 aromatic carbocycles. The standard InChI is InChI=1S/C29H19F3N2S2/c1-28(2)20-9-3-5-12-22(20)34(23-13-6-4-10-21(23)28)27-25(26-24(36-27)14-15-35-26)17-8-7-11-19(18(17)16-33)29(30,31)32/h3-15H,1-2H3. The fraction of sp³-hybridized carbons (Fsp3) is 0.138. The minimum Gasteiger partial charge on any atom is -0.301 e. The first kappa shape index (κ1) is 22.8. The van der Waals surface area contributed by atoms with Gasteiger partial charge in [-0.25, -0.2) is 0 Å². The molecule has 0 unspecified atom stereocenters. The fourth-order valence-corrected chi connectivity index (χ4v) is 7.62. The van der Waals surface area contributed by atoms with Crippen LogP contribution in [0, 0.1) is 11.3 Å². The van der Waals surface area contributed by atoms with Crippen LogP contribution < -0.4 is 4.90 Å². The van der Waals surface area contributed by atoms with Crippen molar-refractivity contribution >= 4 is 48.4 Å². The quantitative estimate of drug-likeness (QED) is 0.234. The number of thiophene rings is 2. The number of halogens is 3. The van der Waals surface area contributed by atoms with Gasteiger partial charge in [0.05, 0.1) is 27.2 Å². The first-order chi connectivity index (χ1) is 17.2. The lowest BCUT2D eigenvalue weighted by Crippen LogP contribution is -2.30. The Labute approximate surface area is 214 Å². The molecule has 2 nitrogen and oxygen atoms in total. The van der Waals surface area contributed by atoms with Crippen molar-refractivity contribution in [1.82, 2.24) is 0 Å². The topological polar surface area (TPSA) is 27.0 Å². The van der Waals surface area contributed by atoms with Crippen molar-refractivity contribution in [3.63, 3.8) is 0 Å². The van der Waals surface area contributed by atoms with E-state index in [1.807, 2.05) is 41.8 Å². The van der Waals surface area contributed by atoms with Crippen LogP contribution >= 0.6 is 22.7 Å². The van der Waals surface area contributed by atoms with Crippen LogP contribution in [-0.4, -0.2) is 0 Å². The molecule has 7 heteroatoms. The Kier molecular flexibility index (Phi) is 5.05. The molecule has 0 N–H and O–H groups in total. The summed E-state index contributed by atoms with van der Waals surface area (Å²) >= 11 is 3.02. The second kappa shape index (κ2) is 7.95. The predicted octanol–water partition coefficient (Wildman–Crippen LogP) is 9.63. The molecule has 3 heterocycles. The van der Waals surface area contributed by atoms with Gasteiger partial charge in [0.2, 0.25) is 0 Å². The molecule has 0 spiro atoms. The lowest BCUT2D eigenvalue weighted by atomic mass is 9.73. The van der Waals surface area contributed by atoms with Crippen LogP contribution in [0.15, 0.2) is 78.2 Å². The maximum Gasteiger partial charge on any atom is 0.417 e. The molecule has 0 saturated carbocycles. The molecule has 36 heavy (non-hydrogen) atoms. The van der Waals surface area contributed by atoms with E-state index in [2.05, 4.69) is 43.0 Å². The Bertz CT molecular complexity index is 1640. The monoisotopic (exact) mass is 516 g/mol. The molecule has 0 atom stereocenters. The molecule has 2 aromatic heterocycles. The molecular formula is C29H19F3N2S2. The summed E-state index contributed by atoms with van der Waals surface area (Å²) in [5.41, 5.74) is 3.69. The van der Waals surface area contributed by atoms with Crippen LogP contribution in [0.5, 0.6) is 0 Å². The van der Waals surface area contributed by atoms with Gasteiger partial charge in [-0.1, -0.05) is 62.4 Å². The van der Waals surface area contributed by atoms with Crippen LogP contribution in [0.2, 0.25) is 0 Å². The number of hydrogen-bond acceptors (Lipinski definition) is 4. The van der Waals surface area contributed by atoms with Gasteiger partial charge in [-0.2, -0.15) is 18.4 Å². The molecule has 6 rings (SSSR count). The van der Waals surface area contributed by atoms with E-state index in [1.165, 1.54) is 28.7 Å². The first-order valence-corrected chi connectivity index (χ1v) is 13.0. The highest BCUT2D eigenvalue weighted by molar-refractivity contribution is 7.30. The van der Waals surface area contributed by atoms with Crippen molar-refractivity contribution in [2.45, 2.75) is 25.4 Å². The number of anilines is 3. The summed E-state index contributed by atoms with van der Waals surface area (Å²) < 4.78 is 43.5. The molecular weight excluding hydrogens is 497 g/mol. The van der Waals surface area contributed by atoms with Crippen molar-refractivity contribution in [3.8, 4) is 17.2 Å². The van der Waals surface area contributed by atoms with E-state index in [0.717, 1.165) is 43.0 Å². The molecule has 0 aliphatic carbocycles. The predicted molar refractivity (Wildman–Crippen MR) is 142 cm³/mol. The molecule has 178 valence electrons. The summed E-state index contributed by atoms with van der Waals surface area (Å²) in [5, 5.41) is 12.7. The molecule has 0 fully saturated rings. The Morgan fingerprint density at radius 1 is 0.861 bits per heavy atom. The highest BCUT2D eigenvalue weighted by Crippen LogP contribution is 2.57. The summed E-state index contributed by atoms with van der Waals surface area (Å²) in [4.78, 5) is 2.16. The number of nitriles is 1. The van der Waals surface area contributed by atoms with E-state index >= 15 is 0 Å². The van der Waals surface area contributed by atoms with E-state index in [0.29, 0.717) is 11.1 Å². The van der Waals surface area contributed by atoms with Crippen molar-refractivity contribution in [3.05, 3.63) is 100 Å². The van der Waals surface area contributed by atoms with Crippen LogP contribution in [0.3, 0.4) is 0 Å². The lowest BCUT2D eigenvalue weighted by Gasteiger charge is -2.41. The first-order valence-electron chi connectivity index (χ1n) is 11.3. The Morgan fingerprint density at radius 3 is 2.11 bits per heavy atom. The maximum atomic E-state index is 13.9. The number of fused-ring (bicyclic) bond motifs is 3. The molecule has 1 aliphatic rings. The fourth-order valence-electron chi connectivity index (χ4n) is 5.21. The molecule has 5 aromatic rings. The van der Waals surface area contributed by atoms with Gasteiger partial charge in [0.15, 0.2) is 0 Å². The summed E-state index contributed by atoms with van der Waals surface area (Å²) in [7, 11) is 0. The third-order valence-electron chi connectivity index (χ3n) is 6.87. The smallest absolute Gasteiger partial charge is 0.301 e. The average Bonchev–Trinajstić information content (AvgIpc) is 3.45. The zero-order valence-corrected chi connectivity index (χ0v) is 21.0. The SMILES string of the molecule is CC1(C)c2ccccc2N(c2sc3ccsc3c2-c2cccc(C(F)(F)F)c2C#N)c2ccccc21. The Hall–Kier alpha value is -3.60. The van der Waals surface area contributed by atoms with E-state index < -0.39 is 11.7 Å². The van der Waals surface area contributed by atoms with Gasteiger partial charge in [0.25, 0.3) is 0 Å². The van der Waals surface area contributed by atoms with E-state index in [4.69, 9.17) is 0 Å². The summed E-state index contributed by atoms with van der Waals surface area (Å²) in [6.07, 6.45) is -4.62. The highest BCUT2D eigenvalue weighted by atomic mass is 32.1. The summed E-state index contributed by atoms with van der Waals surface area (Å²) in [6, 6.07) is 24.2. The number of rotatable bonds is 2. The van der Waals surface area contributed by atoms with E-state index in [9.17, 15) is 18.4 Å². The minimum absolute atomic E-state index is 0.257. The molecule has 0 radical (unpaired) electrons. The number of nitrogens with zero attached hydrogens (tertiary/aromatic N) is 2. The maximum absolute atomic E-state index is 13.9. The normalized spacial score (nSPS) is 14.4. The van der Waals surface area contributed by atoms with Crippen molar-refractivity contribution in [1.29, 1.82) is 5.26 Å². The van der Waals surface area contributed by atoms with Gasteiger partial charge >= 0.3 is 6.18 Å².